The zero-order valence-corrected chi connectivity index (χ0v) is 9.80. The lowest BCUT2D eigenvalue weighted by atomic mass is 10.2. The summed E-state index contributed by atoms with van der Waals surface area (Å²) in [7, 11) is 0. The largest absolute Gasteiger partial charge is 0.460 e. The first-order valence-corrected chi connectivity index (χ1v) is 5.21. The maximum atomic E-state index is 11.5. The number of nitrogens with two attached hydrogens (primary N) is 1. The molecule has 0 aliphatic heterocycles. The molecule has 1 aromatic rings. The summed E-state index contributed by atoms with van der Waals surface area (Å²) in [6, 6.07) is 6.34. The summed E-state index contributed by atoms with van der Waals surface area (Å²) in [5.41, 5.74) is 6.29. The summed E-state index contributed by atoms with van der Waals surface area (Å²) in [6.07, 6.45) is -0.228. The Morgan fingerprint density at radius 3 is 2.65 bits per heavy atom. The first kappa shape index (κ1) is 13.0. The van der Waals surface area contributed by atoms with Gasteiger partial charge in [0.15, 0.2) is 6.61 Å². The number of anilines is 1. The lowest BCUT2D eigenvalue weighted by molar-refractivity contribution is -0.150. The van der Waals surface area contributed by atoms with Crippen LogP contribution in [0.5, 0.6) is 0 Å². The highest BCUT2D eigenvalue weighted by Gasteiger charge is 2.11. The number of benzene rings is 1. The Bertz CT molecular complexity index is 415. The van der Waals surface area contributed by atoms with Crippen LogP contribution in [0.15, 0.2) is 24.3 Å². The summed E-state index contributed by atoms with van der Waals surface area (Å²) in [5.74, 6) is -1.17. The summed E-state index contributed by atoms with van der Waals surface area (Å²) < 4.78 is 9.60. The zero-order chi connectivity index (χ0) is 12.8. The Balaban J connectivity index is 2.48. The SMILES string of the molecule is CC(C)OC(=O)COC(=O)c1cccc(N)c1. The molecule has 0 fully saturated rings. The van der Waals surface area contributed by atoms with Gasteiger partial charge in [0.25, 0.3) is 0 Å². The van der Waals surface area contributed by atoms with Crippen LogP contribution in [0.3, 0.4) is 0 Å². The van der Waals surface area contributed by atoms with E-state index in [9.17, 15) is 9.59 Å². The molecule has 1 rings (SSSR count). The molecule has 0 radical (unpaired) electrons. The third-order valence-corrected chi connectivity index (χ3v) is 1.81. The Morgan fingerprint density at radius 2 is 2.06 bits per heavy atom. The molecule has 0 aliphatic carbocycles. The van der Waals surface area contributed by atoms with Gasteiger partial charge in [-0.25, -0.2) is 9.59 Å². The van der Waals surface area contributed by atoms with Crippen molar-refractivity contribution in [2.45, 2.75) is 20.0 Å². The second-order valence-corrected chi connectivity index (χ2v) is 3.74. The molecule has 0 atom stereocenters. The molecule has 0 saturated carbocycles. The third-order valence-electron chi connectivity index (χ3n) is 1.81. The van der Waals surface area contributed by atoms with Gasteiger partial charge in [-0.2, -0.15) is 0 Å². The van der Waals surface area contributed by atoms with E-state index in [1.807, 2.05) is 0 Å². The highest BCUT2D eigenvalue weighted by molar-refractivity contribution is 5.91. The number of carbonyl (C=O) groups is 2. The molecule has 0 amide bonds. The van der Waals surface area contributed by atoms with E-state index < -0.39 is 18.5 Å². The Hall–Kier alpha value is -2.04. The number of hydrogen-bond donors (Lipinski definition) is 1. The predicted molar refractivity (Wildman–Crippen MR) is 62.4 cm³/mol. The first-order chi connectivity index (χ1) is 7.99. The summed E-state index contributed by atoms with van der Waals surface area (Å²) in [6.45, 7) is 3.04. The number of carbonyl (C=O) groups excluding carboxylic acids is 2. The van der Waals surface area contributed by atoms with Crippen molar-refractivity contribution in [3.63, 3.8) is 0 Å². The smallest absolute Gasteiger partial charge is 0.344 e. The predicted octanol–water partition coefficient (Wildman–Crippen LogP) is 1.38. The topological polar surface area (TPSA) is 78.6 Å². The molecule has 0 bridgehead atoms. The standard InChI is InChI=1S/C12H15NO4/c1-8(2)17-11(14)7-16-12(15)9-4-3-5-10(13)6-9/h3-6,8H,7,13H2,1-2H3. The number of ether oxygens (including phenoxy) is 2. The molecular weight excluding hydrogens is 222 g/mol. The average molecular weight is 237 g/mol. The Labute approximate surface area is 99.5 Å². The van der Waals surface area contributed by atoms with Crippen molar-refractivity contribution in [1.29, 1.82) is 0 Å². The zero-order valence-electron chi connectivity index (χ0n) is 9.80. The van der Waals surface area contributed by atoms with Gasteiger partial charge in [-0.05, 0) is 32.0 Å². The van der Waals surface area contributed by atoms with E-state index >= 15 is 0 Å². The van der Waals surface area contributed by atoms with Crippen molar-refractivity contribution in [2.75, 3.05) is 12.3 Å². The van der Waals surface area contributed by atoms with Crippen LogP contribution in [0.1, 0.15) is 24.2 Å². The second kappa shape index (κ2) is 5.89. The monoisotopic (exact) mass is 237 g/mol. The maximum absolute atomic E-state index is 11.5. The minimum atomic E-state index is -0.599. The lowest BCUT2D eigenvalue weighted by Crippen LogP contribution is -2.19. The van der Waals surface area contributed by atoms with Crippen LogP contribution in [0.4, 0.5) is 5.69 Å². The van der Waals surface area contributed by atoms with Crippen LogP contribution in [0.2, 0.25) is 0 Å². The fourth-order valence-electron chi connectivity index (χ4n) is 1.17. The van der Waals surface area contributed by atoms with Crippen LogP contribution in [-0.4, -0.2) is 24.6 Å². The van der Waals surface area contributed by atoms with E-state index in [0.29, 0.717) is 11.3 Å². The molecule has 0 unspecified atom stereocenters. The van der Waals surface area contributed by atoms with E-state index in [1.54, 1.807) is 32.0 Å². The quantitative estimate of drug-likeness (QED) is 0.632. The van der Waals surface area contributed by atoms with Crippen LogP contribution in [0.25, 0.3) is 0 Å². The second-order valence-electron chi connectivity index (χ2n) is 3.74. The molecule has 0 heterocycles. The van der Waals surface area contributed by atoms with Gasteiger partial charge >= 0.3 is 11.9 Å². The highest BCUT2D eigenvalue weighted by atomic mass is 16.6. The van der Waals surface area contributed by atoms with Crippen molar-refractivity contribution < 1.29 is 19.1 Å². The highest BCUT2D eigenvalue weighted by Crippen LogP contribution is 2.07. The van der Waals surface area contributed by atoms with Gasteiger partial charge in [0.2, 0.25) is 0 Å². The fraction of sp³-hybridized carbons (Fsp3) is 0.333. The van der Waals surface area contributed by atoms with E-state index in [-0.39, 0.29) is 6.10 Å². The van der Waals surface area contributed by atoms with E-state index in [0.717, 1.165) is 0 Å². The molecule has 2 N–H and O–H groups in total. The van der Waals surface area contributed by atoms with Crippen molar-refractivity contribution in [3.8, 4) is 0 Å². The normalized spacial score (nSPS) is 10.1. The first-order valence-electron chi connectivity index (χ1n) is 5.21. The van der Waals surface area contributed by atoms with Gasteiger partial charge in [-0.1, -0.05) is 6.07 Å². The van der Waals surface area contributed by atoms with E-state index in [2.05, 4.69) is 0 Å². The Kier molecular flexibility index (Phi) is 4.51. The van der Waals surface area contributed by atoms with Crippen molar-refractivity contribution in [2.24, 2.45) is 0 Å². The van der Waals surface area contributed by atoms with Gasteiger partial charge in [-0.3, -0.25) is 0 Å². The van der Waals surface area contributed by atoms with E-state index in [1.165, 1.54) is 6.07 Å². The van der Waals surface area contributed by atoms with Crippen molar-refractivity contribution >= 4 is 17.6 Å². The van der Waals surface area contributed by atoms with E-state index in [4.69, 9.17) is 15.2 Å². The number of rotatable bonds is 4. The number of nitrogen functional groups attached to an aromatic ring is 1. The van der Waals surface area contributed by atoms with Crippen molar-refractivity contribution in [3.05, 3.63) is 29.8 Å². The van der Waals surface area contributed by atoms with Gasteiger partial charge < -0.3 is 15.2 Å². The van der Waals surface area contributed by atoms with Crippen molar-refractivity contribution in [1.82, 2.24) is 0 Å². The number of esters is 2. The molecular formula is C12H15NO4. The fourth-order valence-corrected chi connectivity index (χ4v) is 1.17. The Morgan fingerprint density at radius 1 is 1.35 bits per heavy atom. The molecule has 5 nitrogen and oxygen atoms in total. The summed E-state index contributed by atoms with van der Waals surface area (Å²) >= 11 is 0. The van der Waals surface area contributed by atoms with Crippen LogP contribution in [-0.2, 0) is 14.3 Å². The molecule has 0 spiro atoms. The molecule has 17 heavy (non-hydrogen) atoms. The third kappa shape index (κ3) is 4.55. The summed E-state index contributed by atoms with van der Waals surface area (Å²) in [4.78, 5) is 22.6. The molecule has 5 heteroatoms. The van der Waals surface area contributed by atoms with Crippen LogP contribution >= 0.6 is 0 Å². The molecule has 92 valence electrons. The van der Waals surface area contributed by atoms with Crippen LogP contribution in [0, 0.1) is 0 Å². The molecule has 0 aliphatic rings. The number of hydrogen-bond acceptors (Lipinski definition) is 5. The minimum Gasteiger partial charge on any atom is -0.460 e. The molecule has 0 aromatic heterocycles. The molecule has 1 aromatic carbocycles. The maximum Gasteiger partial charge on any atom is 0.344 e. The molecule has 0 saturated heterocycles. The lowest BCUT2D eigenvalue weighted by Gasteiger charge is -2.08. The van der Waals surface area contributed by atoms with Gasteiger partial charge in [-0.15, -0.1) is 0 Å². The van der Waals surface area contributed by atoms with Gasteiger partial charge in [0.05, 0.1) is 11.7 Å². The van der Waals surface area contributed by atoms with Crippen LogP contribution < -0.4 is 5.73 Å². The average Bonchev–Trinajstić information content (AvgIpc) is 2.25. The minimum absolute atomic E-state index is 0.228. The van der Waals surface area contributed by atoms with Gasteiger partial charge in [0, 0.05) is 5.69 Å². The summed E-state index contributed by atoms with van der Waals surface area (Å²) in [5, 5.41) is 0. The van der Waals surface area contributed by atoms with Gasteiger partial charge in [0.1, 0.15) is 0 Å².